The summed E-state index contributed by atoms with van der Waals surface area (Å²) in [6, 6.07) is 17.7. The van der Waals surface area contributed by atoms with Crippen molar-refractivity contribution in [2.75, 3.05) is 7.11 Å². The number of para-hydroxylation sites is 2. The van der Waals surface area contributed by atoms with E-state index in [1.165, 1.54) is 6.26 Å². The van der Waals surface area contributed by atoms with Gasteiger partial charge in [-0.05, 0) is 54.1 Å². The summed E-state index contributed by atoms with van der Waals surface area (Å²) in [7, 11) is 1.61. The summed E-state index contributed by atoms with van der Waals surface area (Å²) in [5, 5.41) is 0. The first-order chi connectivity index (χ1) is 11.8. The van der Waals surface area contributed by atoms with Crippen LogP contribution < -0.4 is 9.47 Å². The van der Waals surface area contributed by atoms with Gasteiger partial charge in [-0.15, -0.1) is 0 Å². The lowest BCUT2D eigenvalue weighted by molar-refractivity contribution is 0.0701. The molecule has 1 heterocycles. The molecule has 0 aliphatic carbocycles. The summed E-state index contributed by atoms with van der Waals surface area (Å²) in [5.74, 6) is 0.774. The molecule has 0 fully saturated rings. The van der Waals surface area contributed by atoms with Crippen molar-refractivity contribution in [3.05, 3.63) is 78.3 Å². The number of carbonyl (C=O) groups excluding carboxylic acids is 1. The molecule has 3 aromatic rings. The number of aliphatic imine (C=N–C) groups is 1. The van der Waals surface area contributed by atoms with E-state index in [4.69, 9.17) is 13.9 Å². The Labute approximate surface area is 139 Å². The molecule has 0 bridgehead atoms. The van der Waals surface area contributed by atoms with Crippen molar-refractivity contribution in [2.45, 2.75) is 0 Å². The first-order valence-corrected chi connectivity index (χ1v) is 7.29. The quantitative estimate of drug-likeness (QED) is 0.400. The molecule has 0 N–H and O–H groups in total. The number of rotatable bonds is 5. The Bertz CT molecular complexity index is 836. The predicted molar refractivity (Wildman–Crippen MR) is 90.4 cm³/mol. The van der Waals surface area contributed by atoms with Gasteiger partial charge in [-0.3, -0.25) is 4.99 Å². The van der Waals surface area contributed by atoms with E-state index in [-0.39, 0.29) is 5.76 Å². The topological polar surface area (TPSA) is 61.0 Å². The number of ether oxygens (including phenoxy) is 2. The van der Waals surface area contributed by atoms with Crippen LogP contribution in [-0.2, 0) is 0 Å². The lowest BCUT2D eigenvalue weighted by Crippen LogP contribution is -2.06. The van der Waals surface area contributed by atoms with Gasteiger partial charge in [0, 0.05) is 6.21 Å². The molecule has 120 valence electrons. The van der Waals surface area contributed by atoms with Crippen LogP contribution >= 0.6 is 0 Å². The minimum absolute atomic E-state index is 0.164. The van der Waals surface area contributed by atoms with Gasteiger partial charge in [0.1, 0.15) is 17.2 Å². The fraction of sp³-hybridized carbons (Fsp3) is 0.0526. The van der Waals surface area contributed by atoms with Crippen molar-refractivity contribution in [2.24, 2.45) is 4.99 Å². The van der Waals surface area contributed by atoms with Crippen LogP contribution in [0.3, 0.4) is 0 Å². The van der Waals surface area contributed by atoms with E-state index in [1.807, 2.05) is 36.4 Å². The number of esters is 1. The molecule has 5 nitrogen and oxygen atoms in total. The first kappa shape index (κ1) is 15.6. The van der Waals surface area contributed by atoms with Crippen molar-refractivity contribution in [3.8, 4) is 11.5 Å². The number of hydrogen-bond acceptors (Lipinski definition) is 5. The number of hydrogen-bond donors (Lipinski definition) is 0. The van der Waals surface area contributed by atoms with E-state index in [2.05, 4.69) is 4.99 Å². The third kappa shape index (κ3) is 3.70. The second-order valence-corrected chi connectivity index (χ2v) is 4.87. The monoisotopic (exact) mass is 321 g/mol. The van der Waals surface area contributed by atoms with Gasteiger partial charge in [-0.2, -0.15) is 0 Å². The second kappa shape index (κ2) is 7.28. The van der Waals surface area contributed by atoms with Gasteiger partial charge in [-0.1, -0.05) is 12.1 Å². The first-order valence-electron chi connectivity index (χ1n) is 7.29. The van der Waals surface area contributed by atoms with Crippen LogP contribution in [-0.4, -0.2) is 19.3 Å². The summed E-state index contributed by atoms with van der Waals surface area (Å²) in [5.41, 5.74) is 1.62. The highest BCUT2D eigenvalue weighted by molar-refractivity contribution is 5.88. The van der Waals surface area contributed by atoms with Crippen LogP contribution in [0.5, 0.6) is 11.5 Å². The highest BCUT2D eigenvalue weighted by Crippen LogP contribution is 2.26. The molecule has 3 rings (SSSR count). The van der Waals surface area contributed by atoms with E-state index >= 15 is 0 Å². The summed E-state index contributed by atoms with van der Waals surface area (Å²) in [6.07, 6.45) is 3.14. The van der Waals surface area contributed by atoms with Crippen molar-refractivity contribution in [3.63, 3.8) is 0 Å². The zero-order valence-electron chi connectivity index (χ0n) is 13.0. The lowest BCUT2D eigenvalue weighted by Gasteiger charge is -2.04. The third-order valence-corrected chi connectivity index (χ3v) is 3.25. The predicted octanol–water partition coefficient (Wildman–Crippen LogP) is 4.26. The van der Waals surface area contributed by atoms with Gasteiger partial charge in [0.2, 0.25) is 5.76 Å². The highest BCUT2D eigenvalue weighted by Gasteiger charge is 2.10. The molecule has 5 heteroatoms. The van der Waals surface area contributed by atoms with Crippen LogP contribution in [0.2, 0.25) is 0 Å². The molecule has 0 unspecified atom stereocenters. The Kier molecular flexibility index (Phi) is 4.72. The molecule has 0 radical (unpaired) electrons. The van der Waals surface area contributed by atoms with E-state index in [9.17, 15) is 4.79 Å². The molecular weight excluding hydrogens is 306 g/mol. The van der Waals surface area contributed by atoms with Gasteiger partial charge in [0.15, 0.2) is 0 Å². The zero-order valence-corrected chi connectivity index (χ0v) is 13.0. The molecule has 0 atom stereocenters. The maximum atomic E-state index is 11.8. The number of benzene rings is 2. The maximum absolute atomic E-state index is 11.8. The summed E-state index contributed by atoms with van der Waals surface area (Å²) >= 11 is 0. The van der Waals surface area contributed by atoms with E-state index in [0.717, 1.165) is 11.3 Å². The molecule has 0 aliphatic heterocycles. The minimum Gasteiger partial charge on any atom is -0.494 e. The minimum atomic E-state index is -0.532. The standard InChI is InChI=1S/C19H15NO4/c1-22-17-6-3-2-5-16(17)20-13-14-8-10-15(11-9-14)24-19(21)18-7-4-12-23-18/h2-13H,1H3. The third-order valence-electron chi connectivity index (χ3n) is 3.25. The van der Waals surface area contributed by atoms with Gasteiger partial charge in [-0.25, -0.2) is 4.79 Å². The highest BCUT2D eigenvalue weighted by atomic mass is 16.5. The molecule has 1 aromatic heterocycles. The van der Waals surface area contributed by atoms with E-state index in [1.54, 1.807) is 37.6 Å². The van der Waals surface area contributed by atoms with Crippen LogP contribution in [0.15, 0.2) is 76.3 Å². The van der Waals surface area contributed by atoms with Gasteiger partial charge in [0.25, 0.3) is 0 Å². The largest absolute Gasteiger partial charge is 0.494 e. The number of carbonyl (C=O) groups is 1. The van der Waals surface area contributed by atoms with Gasteiger partial charge in [0.05, 0.1) is 13.4 Å². The molecule has 0 saturated carbocycles. The average molecular weight is 321 g/mol. The number of methoxy groups -OCH3 is 1. The summed E-state index contributed by atoms with van der Waals surface area (Å²) in [6.45, 7) is 0. The van der Waals surface area contributed by atoms with Gasteiger partial charge < -0.3 is 13.9 Å². The Morgan fingerprint density at radius 3 is 2.54 bits per heavy atom. The fourth-order valence-corrected chi connectivity index (χ4v) is 2.05. The van der Waals surface area contributed by atoms with E-state index in [0.29, 0.717) is 11.5 Å². The van der Waals surface area contributed by atoms with E-state index < -0.39 is 5.97 Å². The fourth-order valence-electron chi connectivity index (χ4n) is 2.05. The number of furan rings is 1. The summed E-state index contributed by atoms with van der Waals surface area (Å²) in [4.78, 5) is 16.2. The zero-order chi connectivity index (χ0) is 16.8. The normalized spacial score (nSPS) is 10.7. The Morgan fingerprint density at radius 1 is 1.04 bits per heavy atom. The maximum Gasteiger partial charge on any atom is 0.379 e. The van der Waals surface area contributed by atoms with Crippen molar-refractivity contribution in [1.82, 2.24) is 0 Å². The van der Waals surface area contributed by atoms with Crippen LogP contribution in [0.25, 0.3) is 0 Å². The van der Waals surface area contributed by atoms with Crippen molar-refractivity contribution < 1.29 is 18.7 Å². The van der Waals surface area contributed by atoms with Gasteiger partial charge >= 0.3 is 5.97 Å². The molecule has 24 heavy (non-hydrogen) atoms. The summed E-state index contributed by atoms with van der Waals surface area (Å²) < 4.78 is 15.5. The van der Waals surface area contributed by atoms with Crippen LogP contribution in [0, 0.1) is 0 Å². The Balaban J connectivity index is 1.68. The van der Waals surface area contributed by atoms with Crippen LogP contribution in [0.4, 0.5) is 5.69 Å². The Hall–Kier alpha value is -3.34. The SMILES string of the molecule is COc1ccccc1N=Cc1ccc(OC(=O)c2ccco2)cc1. The molecule has 2 aromatic carbocycles. The molecule has 0 aliphatic rings. The smallest absolute Gasteiger partial charge is 0.379 e. The number of nitrogens with zero attached hydrogens (tertiary/aromatic N) is 1. The molecule has 0 amide bonds. The Morgan fingerprint density at radius 2 is 1.83 bits per heavy atom. The molecule has 0 spiro atoms. The molecular formula is C19H15NO4. The average Bonchev–Trinajstić information content (AvgIpc) is 3.16. The van der Waals surface area contributed by atoms with Crippen molar-refractivity contribution >= 4 is 17.9 Å². The lowest BCUT2D eigenvalue weighted by atomic mass is 10.2. The molecule has 0 saturated heterocycles. The second-order valence-electron chi connectivity index (χ2n) is 4.87. The van der Waals surface area contributed by atoms with Crippen LogP contribution in [0.1, 0.15) is 16.1 Å². The van der Waals surface area contributed by atoms with Crippen molar-refractivity contribution in [1.29, 1.82) is 0 Å².